The van der Waals surface area contributed by atoms with Gasteiger partial charge in [0.15, 0.2) is 9.84 Å². The van der Waals surface area contributed by atoms with Gasteiger partial charge in [-0.2, -0.15) is 0 Å². The lowest BCUT2D eigenvalue weighted by atomic mass is 9.72. The summed E-state index contributed by atoms with van der Waals surface area (Å²) in [7, 11) is -3.20. The zero-order valence-electron chi connectivity index (χ0n) is 16.3. The number of rotatable bonds is 3. The summed E-state index contributed by atoms with van der Waals surface area (Å²) < 4.78 is 28.4. The molecule has 0 unspecified atom stereocenters. The second kappa shape index (κ2) is 6.09. The summed E-state index contributed by atoms with van der Waals surface area (Å²) in [6, 6.07) is 7.11. The second-order valence-electron chi connectivity index (χ2n) is 9.04. The van der Waals surface area contributed by atoms with E-state index in [0.717, 1.165) is 31.7 Å². The summed E-state index contributed by atoms with van der Waals surface area (Å²) in [6.07, 6.45) is 0.815. The predicted molar refractivity (Wildman–Crippen MR) is 103 cm³/mol. The van der Waals surface area contributed by atoms with Crippen molar-refractivity contribution in [2.24, 2.45) is 5.41 Å². The fourth-order valence-corrected chi connectivity index (χ4v) is 5.62. The number of benzene rings is 1. The lowest BCUT2D eigenvalue weighted by Crippen LogP contribution is -2.77. The van der Waals surface area contributed by atoms with Gasteiger partial charge in [0.05, 0.1) is 18.0 Å². The van der Waals surface area contributed by atoms with Crippen LogP contribution < -0.4 is 5.32 Å². The topological polar surface area (TPSA) is 99.3 Å². The van der Waals surface area contributed by atoms with Crippen LogP contribution in [0.3, 0.4) is 0 Å². The number of nitrogens with zero attached hydrogens (tertiary/aromatic N) is 3. The maximum atomic E-state index is 12.6. The van der Waals surface area contributed by atoms with Crippen LogP contribution in [0, 0.1) is 5.41 Å². The highest BCUT2D eigenvalue weighted by atomic mass is 32.2. The molecular weight excluding hydrogens is 396 g/mol. The number of cyclic esters (lactones) is 1. The number of urea groups is 1. The van der Waals surface area contributed by atoms with Gasteiger partial charge in [0.25, 0.3) is 0 Å². The van der Waals surface area contributed by atoms with Crippen LogP contribution in [0.4, 0.5) is 9.59 Å². The number of amides is 3. The Kier molecular flexibility index (Phi) is 3.92. The monoisotopic (exact) mass is 420 g/mol. The molecule has 0 radical (unpaired) electrons. The standard InChI is InChI=1S/C19H24N4O5S/c1-29(26,27)15-4-2-3-14(5-15)6-21-7-18(8-21)9-22(10-18)17(25)23-11-19(12-23)13-28-16(24)20-19/h2-5H,6-13H2,1H3,(H,20,24). The van der Waals surface area contributed by atoms with Gasteiger partial charge in [-0.25, -0.2) is 18.0 Å². The number of hydrogen-bond acceptors (Lipinski definition) is 6. The van der Waals surface area contributed by atoms with Gasteiger partial charge in [-0.15, -0.1) is 0 Å². The average molecular weight is 420 g/mol. The Hall–Kier alpha value is -2.33. The second-order valence-corrected chi connectivity index (χ2v) is 11.1. The fraction of sp³-hybridized carbons (Fsp3) is 0.579. The van der Waals surface area contributed by atoms with Crippen molar-refractivity contribution in [2.45, 2.75) is 17.0 Å². The van der Waals surface area contributed by atoms with Crippen LogP contribution in [-0.4, -0.2) is 92.9 Å². The summed E-state index contributed by atoms with van der Waals surface area (Å²) in [5.41, 5.74) is 0.766. The van der Waals surface area contributed by atoms with E-state index in [0.29, 0.717) is 31.1 Å². The van der Waals surface area contributed by atoms with Crippen LogP contribution in [0.25, 0.3) is 0 Å². The third-order valence-electron chi connectivity index (χ3n) is 6.28. The fourth-order valence-electron chi connectivity index (χ4n) is 4.93. The lowest BCUT2D eigenvalue weighted by Gasteiger charge is -2.61. The van der Waals surface area contributed by atoms with Crippen molar-refractivity contribution < 1.29 is 22.7 Å². The van der Waals surface area contributed by atoms with Crippen LogP contribution >= 0.6 is 0 Å². The molecule has 29 heavy (non-hydrogen) atoms. The molecule has 0 aromatic heterocycles. The highest BCUT2D eigenvalue weighted by Crippen LogP contribution is 2.41. The van der Waals surface area contributed by atoms with Crippen molar-refractivity contribution in [2.75, 3.05) is 52.1 Å². The van der Waals surface area contributed by atoms with Gasteiger partial charge in [-0.1, -0.05) is 12.1 Å². The van der Waals surface area contributed by atoms with Gasteiger partial charge >= 0.3 is 12.1 Å². The molecule has 0 atom stereocenters. The molecule has 1 aromatic carbocycles. The Bertz CT molecular complexity index is 974. The minimum atomic E-state index is -3.20. The zero-order chi connectivity index (χ0) is 20.4. The van der Waals surface area contributed by atoms with Gasteiger partial charge in [0, 0.05) is 44.4 Å². The Balaban J connectivity index is 1.09. The number of likely N-dealkylation sites (tertiary alicyclic amines) is 3. The Morgan fingerprint density at radius 3 is 2.45 bits per heavy atom. The van der Waals surface area contributed by atoms with E-state index in [1.807, 2.05) is 11.0 Å². The molecule has 9 nitrogen and oxygen atoms in total. The summed E-state index contributed by atoms with van der Waals surface area (Å²) in [6.45, 7) is 5.37. The number of nitrogens with one attached hydrogen (secondary N) is 1. The van der Waals surface area contributed by atoms with Gasteiger partial charge in [-0.3, -0.25) is 4.90 Å². The van der Waals surface area contributed by atoms with E-state index in [1.54, 1.807) is 23.1 Å². The molecule has 5 rings (SSSR count). The van der Waals surface area contributed by atoms with Crippen molar-refractivity contribution in [3.63, 3.8) is 0 Å². The van der Waals surface area contributed by atoms with Crippen molar-refractivity contribution in [1.82, 2.24) is 20.0 Å². The van der Waals surface area contributed by atoms with Crippen LogP contribution in [-0.2, 0) is 21.1 Å². The highest BCUT2D eigenvalue weighted by molar-refractivity contribution is 7.90. The average Bonchev–Trinajstić information content (AvgIpc) is 2.96. The molecule has 4 saturated heterocycles. The molecule has 0 bridgehead atoms. The molecule has 1 aromatic rings. The predicted octanol–water partition coefficient (Wildman–Crippen LogP) is 0.122. The van der Waals surface area contributed by atoms with E-state index in [9.17, 15) is 18.0 Å². The Morgan fingerprint density at radius 1 is 1.14 bits per heavy atom. The van der Waals surface area contributed by atoms with E-state index in [2.05, 4.69) is 10.2 Å². The van der Waals surface area contributed by atoms with Gasteiger partial charge in [-0.05, 0) is 17.7 Å². The first-order valence-electron chi connectivity index (χ1n) is 9.66. The van der Waals surface area contributed by atoms with Crippen LogP contribution in [0.15, 0.2) is 29.2 Å². The largest absolute Gasteiger partial charge is 0.447 e. The maximum absolute atomic E-state index is 12.6. The first-order valence-corrected chi connectivity index (χ1v) is 11.5. The molecule has 4 aliphatic rings. The van der Waals surface area contributed by atoms with E-state index in [1.165, 1.54) is 6.26 Å². The van der Waals surface area contributed by atoms with Gasteiger partial charge in [0.2, 0.25) is 0 Å². The van der Waals surface area contributed by atoms with E-state index in [4.69, 9.17) is 4.74 Å². The molecule has 4 aliphatic heterocycles. The molecular formula is C19H24N4O5S. The van der Waals surface area contributed by atoms with E-state index >= 15 is 0 Å². The molecule has 4 heterocycles. The summed E-state index contributed by atoms with van der Waals surface area (Å²) in [5.74, 6) is 0. The molecule has 156 valence electrons. The molecule has 0 aliphatic carbocycles. The molecule has 10 heteroatoms. The molecule has 1 N–H and O–H groups in total. The normalized spacial score (nSPS) is 24.5. The Morgan fingerprint density at radius 2 is 1.83 bits per heavy atom. The number of alkyl carbamates (subject to hydrolysis) is 1. The van der Waals surface area contributed by atoms with Crippen molar-refractivity contribution in [3.8, 4) is 0 Å². The van der Waals surface area contributed by atoms with Crippen molar-refractivity contribution in [3.05, 3.63) is 29.8 Å². The van der Waals surface area contributed by atoms with Crippen LogP contribution in [0.1, 0.15) is 5.56 Å². The first kappa shape index (κ1) is 18.7. The van der Waals surface area contributed by atoms with E-state index in [-0.39, 0.29) is 17.0 Å². The Labute approximate surface area is 169 Å². The number of ether oxygens (including phenoxy) is 1. The van der Waals surface area contributed by atoms with Crippen molar-refractivity contribution >= 4 is 22.0 Å². The summed E-state index contributed by atoms with van der Waals surface area (Å²) in [5, 5.41) is 2.79. The summed E-state index contributed by atoms with van der Waals surface area (Å²) >= 11 is 0. The van der Waals surface area contributed by atoms with E-state index < -0.39 is 15.9 Å². The molecule has 2 spiro atoms. The zero-order valence-corrected chi connectivity index (χ0v) is 17.1. The lowest BCUT2D eigenvalue weighted by molar-refractivity contribution is -0.107. The SMILES string of the molecule is CS(=O)(=O)c1cccc(CN2CC3(C2)CN(C(=O)N2CC4(COC(=O)N4)C2)C3)c1. The van der Waals surface area contributed by atoms with Gasteiger partial charge in [0.1, 0.15) is 12.1 Å². The minimum absolute atomic E-state index is 0.0294. The third kappa shape index (κ3) is 3.24. The number of sulfone groups is 1. The maximum Gasteiger partial charge on any atom is 0.407 e. The number of carbonyl (C=O) groups is 2. The molecule has 0 saturated carbocycles. The van der Waals surface area contributed by atoms with Crippen molar-refractivity contribution in [1.29, 1.82) is 0 Å². The first-order chi connectivity index (χ1) is 13.7. The molecule has 3 amide bonds. The third-order valence-corrected chi connectivity index (χ3v) is 7.39. The van der Waals surface area contributed by atoms with Crippen LogP contribution in [0.5, 0.6) is 0 Å². The van der Waals surface area contributed by atoms with Gasteiger partial charge < -0.3 is 19.9 Å². The molecule has 4 fully saturated rings. The summed E-state index contributed by atoms with van der Waals surface area (Å²) in [4.78, 5) is 30.1. The smallest absolute Gasteiger partial charge is 0.407 e. The van der Waals surface area contributed by atoms with Crippen LogP contribution in [0.2, 0.25) is 0 Å². The number of carbonyl (C=O) groups excluding carboxylic acids is 2. The quantitative estimate of drug-likeness (QED) is 0.746. The highest BCUT2D eigenvalue weighted by Gasteiger charge is 2.57. The minimum Gasteiger partial charge on any atom is -0.447 e. The number of hydrogen-bond donors (Lipinski definition) is 1.